The van der Waals surface area contributed by atoms with Crippen molar-refractivity contribution in [3.63, 3.8) is 0 Å². The number of hydrogen-bond acceptors (Lipinski definition) is 7. The van der Waals surface area contributed by atoms with Crippen molar-refractivity contribution in [1.29, 1.82) is 0 Å². The molecule has 0 saturated heterocycles. The highest BCUT2D eigenvalue weighted by Crippen LogP contribution is 2.26. The normalized spacial score (nSPS) is 11.2. The Morgan fingerprint density at radius 1 is 1.03 bits per heavy atom. The number of fused-ring (bicyclic) bond motifs is 1. The summed E-state index contributed by atoms with van der Waals surface area (Å²) in [6, 6.07) is 17.7. The summed E-state index contributed by atoms with van der Waals surface area (Å²) >= 11 is 0. The lowest BCUT2D eigenvalue weighted by Crippen LogP contribution is -2.26. The molecule has 3 heterocycles. The molecule has 2 aromatic carbocycles. The first-order valence-electron chi connectivity index (χ1n) is 12.7. The molecule has 0 atom stereocenters. The molecular weight excluding hydrogens is 494 g/mol. The van der Waals surface area contributed by atoms with Crippen molar-refractivity contribution in [1.82, 2.24) is 25.2 Å². The number of aromatic amines is 1. The number of ether oxygens (including phenoxy) is 2. The Bertz CT molecular complexity index is 1530. The van der Waals surface area contributed by atoms with Crippen molar-refractivity contribution in [2.24, 2.45) is 0 Å². The fourth-order valence-electron chi connectivity index (χ4n) is 4.53. The number of carbonyl (C=O) groups excluding carboxylic acids is 1. The lowest BCUT2D eigenvalue weighted by atomic mass is 10.1. The van der Waals surface area contributed by atoms with Crippen LogP contribution in [0.25, 0.3) is 10.9 Å². The molecule has 0 aliphatic heterocycles. The summed E-state index contributed by atoms with van der Waals surface area (Å²) in [4.78, 5) is 26.7. The fraction of sp³-hybridized carbons (Fsp3) is 0.233. The zero-order valence-electron chi connectivity index (χ0n) is 22.0. The Morgan fingerprint density at radius 3 is 2.69 bits per heavy atom. The van der Waals surface area contributed by atoms with Crippen LogP contribution in [0.4, 0.5) is 0 Å². The van der Waals surface area contributed by atoms with Gasteiger partial charge in [-0.15, -0.1) is 0 Å². The third-order valence-corrected chi connectivity index (χ3v) is 6.60. The maximum absolute atomic E-state index is 12.7. The number of carbonyl (C=O) groups is 1. The van der Waals surface area contributed by atoms with E-state index in [1.54, 1.807) is 26.6 Å². The molecule has 0 saturated carbocycles. The van der Waals surface area contributed by atoms with Crippen LogP contribution in [-0.2, 0) is 26.1 Å². The second-order valence-corrected chi connectivity index (χ2v) is 9.16. The molecule has 0 radical (unpaired) electrons. The molecule has 2 N–H and O–H groups in total. The maximum Gasteiger partial charge on any atom is 0.273 e. The van der Waals surface area contributed by atoms with Gasteiger partial charge in [-0.25, -0.2) is 4.98 Å². The molecule has 0 spiro atoms. The van der Waals surface area contributed by atoms with Gasteiger partial charge in [-0.2, -0.15) is 0 Å². The van der Waals surface area contributed by atoms with Crippen molar-refractivity contribution in [3.05, 3.63) is 108 Å². The minimum Gasteiger partial charge on any atom is -0.497 e. The molecule has 39 heavy (non-hydrogen) atoms. The third kappa shape index (κ3) is 6.45. The van der Waals surface area contributed by atoms with Gasteiger partial charge in [0.2, 0.25) is 5.89 Å². The first-order valence-corrected chi connectivity index (χ1v) is 12.7. The van der Waals surface area contributed by atoms with Gasteiger partial charge in [0.25, 0.3) is 5.91 Å². The van der Waals surface area contributed by atoms with Crippen LogP contribution in [0.1, 0.15) is 33.1 Å². The Kier molecular flexibility index (Phi) is 8.18. The third-order valence-electron chi connectivity index (χ3n) is 6.60. The SMILES string of the molecule is COc1ccc(OC)c(CN(CCc2c[nH]c3ccccc23)Cc2nc(C(=O)NCc3ccncc3)co2)c1. The van der Waals surface area contributed by atoms with E-state index in [0.29, 0.717) is 25.5 Å². The quantitative estimate of drug-likeness (QED) is 0.242. The average molecular weight is 526 g/mol. The summed E-state index contributed by atoms with van der Waals surface area (Å²) in [5.41, 5.74) is 4.53. The molecule has 1 amide bonds. The Hall–Kier alpha value is -4.63. The van der Waals surface area contributed by atoms with Crippen molar-refractivity contribution >= 4 is 16.8 Å². The number of pyridine rings is 1. The number of H-pyrrole nitrogens is 1. The second-order valence-electron chi connectivity index (χ2n) is 9.16. The van der Waals surface area contributed by atoms with E-state index in [0.717, 1.165) is 41.1 Å². The van der Waals surface area contributed by atoms with Crippen LogP contribution in [0.3, 0.4) is 0 Å². The number of nitrogens with one attached hydrogen (secondary N) is 2. The standard InChI is InChI=1S/C30H31N5O4/c1-37-24-7-8-28(38-2)23(15-24)18-35(14-11-22-17-32-26-6-4-3-5-25(22)26)19-29-34-27(20-39-29)30(36)33-16-21-9-12-31-13-10-21/h3-10,12-13,15,17,20,32H,11,14,16,18-19H2,1-2H3,(H,33,36). The number of hydrogen-bond donors (Lipinski definition) is 2. The van der Waals surface area contributed by atoms with Crippen LogP contribution in [0.15, 0.2) is 83.9 Å². The highest BCUT2D eigenvalue weighted by molar-refractivity contribution is 5.91. The van der Waals surface area contributed by atoms with Gasteiger partial charge in [-0.05, 0) is 53.9 Å². The van der Waals surface area contributed by atoms with Gasteiger partial charge in [0.05, 0.1) is 20.8 Å². The molecule has 5 aromatic rings. The van der Waals surface area contributed by atoms with Gasteiger partial charge in [0.15, 0.2) is 5.69 Å². The molecule has 0 aliphatic rings. The van der Waals surface area contributed by atoms with E-state index in [2.05, 4.69) is 43.5 Å². The summed E-state index contributed by atoms with van der Waals surface area (Å²) in [5.74, 6) is 1.70. The van der Waals surface area contributed by atoms with Crippen LogP contribution in [0, 0.1) is 0 Å². The molecular formula is C30H31N5O4. The molecule has 0 unspecified atom stereocenters. The zero-order valence-corrected chi connectivity index (χ0v) is 22.0. The van der Waals surface area contributed by atoms with Crippen molar-refractivity contribution < 1.29 is 18.7 Å². The molecule has 0 bridgehead atoms. The van der Waals surface area contributed by atoms with Gasteiger partial charge in [0.1, 0.15) is 17.8 Å². The van der Waals surface area contributed by atoms with Crippen LogP contribution in [0.2, 0.25) is 0 Å². The van der Waals surface area contributed by atoms with Crippen molar-refractivity contribution in [2.75, 3.05) is 20.8 Å². The Balaban J connectivity index is 1.32. The predicted octanol–water partition coefficient (Wildman–Crippen LogP) is 4.74. The van der Waals surface area contributed by atoms with Crippen LogP contribution in [0.5, 0.6) is 11.5 Å². The Morgan fingerprint density at radius 2 is 1.87 bits per heavy atom. The first-order chi connectivity index (χ1) is 19.1. The fourth-order valence-corrected chi connectivity index (χ4v) is 4.53. The van der Waals surface area contributed by atoms with Crippen LogP contribution < -0.4 is 14.8 Å². The van der Waals surface area contributed by atoms with Gasteiger partial charge in [-0.3, -0.25) is 14.7 Å². The van der Waals surface area contributed by atoms with E-state index < -0.39 is 0 Å². The lowest BCUT2D eigenvalue weighted by molar-refractivity contribution is 0.0945. The Labute approximate surface area is 226 Å². The highest BCUT2D eigenvalue weighted by Gasteiger charge is 2.18. The monoisotopic (exact) mass is 525 g/mol. The number of oxazole rings is 1. The molecule has 200 valence electrons. The largest absolute Gasteiger partial charge is 0.497 e. The van der Waals surface area contributed by atoms with E-state index in [9.17, 15) is 4.79 Å². The first kappa shape index (κ1) is 26.0. The number of rotatable bonds is 12. The molecule has 5 rings (SSSR count). The number of benzene rings is 2. The van der Waals surface area contributed by atoms with E-state index in [1.165, 1.54) is 17.2 Å². The van der Waals surface area contributed by atoms with Crippen molar-refractivity contribution in [2.45, 2.75) is 26.1 Å². The number of amides is 1. The molecule has 0 aliphatic carbocycles. The number of nitrogens with zero attached hydrogens (tertiary/aromatic N) is 3. The molecule has 9 heteroatoms. The lowest BCUT2D eigenvalue weighted by Gasteiger charge is -2.22. The maximum atomic E-state index is 12.7. The summed E-state index contributed by atoms with van der Waals surface area (Å²) in [6.07, 6.45) is 7.67. The summed E-state index contributed by atoms with van der Waals surface area (Å²) in [6.45, 7) is 2.11. The van der Waals surface area contributed by atoms with Crippen LogP contribution in [-0.4, -0.2) is 46.5 Å². The number of aromatic nitrogens is 3. The predicted molar refractivity (Wildman–Crippen MR) is 148 cm³/mol. The second kappa shape index (κ2) is 12.3. The molecule has 3 aromatic heterocycles. The smallest absolute Gasteiger partial charge is 0.273 e. The molecule has 0 fully saturated rings. The summed E-state index contributed by atoms with van der Waals surface area (Å²) in [5, 5.41) is 4.08. The van der Waals surface area contributed by atoms with Gasteiger partial charge in [-0.1, -0.05) is 18.2 Å². The minimum atomic E-state index is -0.290. The zero-order chi connectivity index (χ0) is 27.0. The van der Waals surface area contributed by atoms with E-state index in [4.69, 9.17) is 13.9 Å². The van der Waals surface area contributed by atoms with Gasteiger partial charge in [0, 0.05) is 54.7 Å². The van der Waals surface area contributed by atoms with E-state index >= 15 is 0 Å². The number of para-hydroxylation sites is 1. The number of methoxy groups -OCH3 is 2. The van der Waals surface area contributed by atoms with Crippen molar-refractivity contribution in [3.8, 4) is 11.5 Å². The topological polar surface area (TPSA) is 106 Å². The van der Waals surface area contributed by atoms with Gasteiger partial charge >= 0.3 is 0 Å². The highest BCUT2D eigenvalue weighted by atomic mass is 16.5. The molecule has 9 nitrogen and oxygen atoms in total. The van der Waals surface area contributed by atoms with E-state index in [-0.39, 0.29) is 11.6 Å². The average Bonchev–Trinajstić information content (AvgIpc) is 3.62. The summed E-state index contributed by atoms with van der Waals surface area (Å²) < 4.78 is 16.8. The van der Waals surface area contributed by atoms with Crippen LogP contribution >= 0.6 is 0 Å². The minimum absolute atomic E-state index is 0.245. The van der Waals surface area contributed by atoms with E-state index in [1.807, 2.05) is 42.5 Å². The summed E-state index contributed by atoms with van der Waals surface area (Å²) in [7, 11) is 3.31. The van der Waals surface area contributed by atoms with Gasteiger partial charge < -0.3 is 24.2 Å².